The molecule has 76 valence electrons. The van der Waals surface area contributed by atoms with Crippen LogP contribution in [0.5, 0.6) is 11.5 Å². The van der Waals surface area contributed by atoms with Crippen LogP contribution in [0.4, 0.5) is 0 Å². The van der Waals surface area contributed by atoms with E-state index in [-0.39, 0.29) is 5.75 Å². The number of thiol groups is 1. The number of ether oxygens (including phenoxy) is 1. The van der Waals surface area contributed by atoms with Gasteiger partial charge in [0, 0.05) is 24.1 Å². The zero-order chi connectivity index (χ0) is 10.4. The van der Waals surface area contributed by atoms with Gasteiger partial charge in [0.2, 0.25) is 0 Å². The smallest absolute Gasteiger partial charge is 0.124 e. The molecular formula is C10H13NO2S. The Bertz CT molecular complexity index is 326. The number of aliphatic imine (C=N–C) groups is 1. The first-order valence-electron chi connectivity index (χ1n) is 4.25. The minimum absolute atomic E-state index is 0.203. The first-order chi connectivity index (χ1) is 6.77. The Morgan fingerprint density at radius 1 is 1.57 bits per heavy atom. The molecule has 1 rings (SSSR count). The predicted molar refractivity (Wildman–Crippen MR) is 61.0 cm³/mol. The molecule has 0 heterocycles. The summed E-state index contributed by atoms with van der Waals surface area (Å²) in [6.45, 7) is 0.639. The van der Waals surface area contributed by atoms with Gasteiger partial charge in [-0.2, -0.15) is 12.6 Å². The van der Waals surface area contributed by atoms with Crippen molar-refractivity contribution in [2.24, 2.45) is 4.99 Å². The molecule has 0 aliphatic rings. The van der Waals surface area contributed by atoms with Crippen LogP contribution in [0.25, 0.3) is 0 Å². The van der Waals surface area contributed by atoms with Gasteiger partial charge in [0.25, 0.3) is 0 Å². The van der Waals surface area contributed by atoms with Crippen molar-refractivity contribution in [2.75, 3.05) is 19.4 Å². The van der Waals surface area contributed by atoms with Crippen molar-refractivity contribution >= 4 is 18.8 Å². The predicted octanol–water partition coefficient (Wildman–Crippen LogP) is 1.75. The van der Waals surface area contributed by atoms with Crippen molar-refractivity contribution in [3.05, 3.63) is 23.8 Å². The fourth-order valence-corrected chi connectivity index (χ4v) is 1.10. The highest BCUT2D eigenvalue weighted by Gasteiger charge is 1.99. The van der Waals surface area contributed by atoms with Crippen LogP contribution in [0.1, 0.15) is 5.56 Å². The Kier molecular flexibility index (Phi) is 4.32. The van der Waals surface area contributed by atoms with E-state index in [1.54, 1.807) is 31.5 Å². The zero-order valence-electron chi connectivity index (χ0n) is 7.97. The van der Waals surface area contributed by atoms with E-state index in [4.69, 9.17) is 4.74 Å². The third kappa shape index (κ3) is 2.96. The Labute approximate surface area is 88.8 Å². The standard InChI is InChI=1S/C10H13NO2S/c1-13-9-2-3-10(12)8(6-9)7-11-4-5-14/h2-3,6-7,12,14H,4-5H2,1H3. The van der Waals surface area contributed by atoms with E-state index in [1.165, 1.54) is 0 Å². The number of aromatic hydroxyl groups is 1. The highest BCUT2D eigenvalue weighted by atomic mass is 32.1. The van der Waals surface area contributed by atoms with Crippen LogP contribution in [-0.4, -0.2) is 30.7 Å². The highest BCUT2D eigenvalue weighted by molar-refractivity contribution is 7.80. The average Bonchev–Trinajstić information content (AvgIpc) is 2.21. The van der Waals surface area contributed by atoms with Gasteiger partial charge in [0.1, 0.15) is 11.5 Å². The molecule has 4 heteroatoms. The average molecular weight is 211 g/mol. The summed E-state index contributed by atoms with van der Waals surface area (Å²) in [5.41, 5.74) is 0.658. The number of benzene rings is 1. The fourth-order valence-electron chi connectivity index (χ4n) is 0.984. The summed E-state index contributed by atoms with van der Waals surface area (Å²) in [5, 5.41) is 9.46. The third-order valence-corrected chi connectivity index (χ3v) is 1.89. The summed E-state index contributed by atoms with van der Waals surface area (Å²) in [5.74, 6) is 1.60. The number of methoxy groups -OCH3 is 1. The minimum atomic E-state index is 0.203. The number of phenolic OH excluding ortho intramolecular Hbond substituents is 1. The molecule has 0 unspecified atom stereocenters. The molecule has 1 aromatic carbocycles. The molecule has 0 aromatic heterocycles. The lowest BCUT2D eigenvalue weighted by atomic mass is 10.2. The Morgan fingerprint density at radius 3 is 3.00 bits per heavy atom. The van der Waals surface area contributed by atoms with Gasteiger partial charge in [-0.25, -0.2) is 0 Å². The maximum atomic E-state index is 9.46. The summed E-state index contributed by atoms with van der Waals surface area (Å²) in [6.07, 6.45) is 1.62. The van der Waals surface area contributed by atoms with E-state index < -0.39 is 0 Å². The van der Waals surface area contributed by atoms with Crippen LogP contribution in [-0.2, 0) is 0 Å². The molecular weight excluding hydrogens is 198 g/mol. The second-order valence-corrected chi connectivity index (χ2v) is 3.13. The molecule has 1 aromatic rings. The summed E-state index contributed by atoms with van der Waals surface area (Å²) in [6, 6.07) is 5.02. The highest BCUT2D eigenvalue weighted by Crippen LogP contribution is 2.20. The summed E-state index contributed by atoms with van der Waals surface area (Å²) in [4.78, 5) is 4.08. The third-order valence-electron chi connectivity index (χ3n) is 1.69. The first-order valence-corrected chi connectivity index (χ1v) is 4.89. The van der Waals surface area contributed by atoms with E-state index in [2.05, 4.69) is 17.6 Å². The molecule has 0 aliphatic heterocycles. The van der Waals surface area contributed by atoms with Gasteiger partial charge < -0.3 is 9.84 Å². The lowest BCUT2D eigenvalue weighted by Gasteiger charge is -2.02. The molecule has 1 N–H and O–H groups in total. The van der Waals surface area contributed by atoms with Crippen LogP contribution in [0.2, 0.25) is 0 Å². The number of phenols is 1. The molecule has 0 saturated carbocycles. The maximum absolute atomic E-state index is 9.46. The monoisotopic (exact) mass is 211 g/mol. The maximum Gasteiger partial charge on any atom is 0.124 e. The molecule has 0 saturated heterocycles. The number of hydrogen-bond acceptors (Lipinski definition) is 4. The van der Waals surface area contributed by atoms with Crippen molar-refractivity contribution in [3.8, 4) is 11.5 Å². The number of nitrogens with zero attached hydrogens (tertiary/aromatic N) is 1. The molecule has 0 radical (unpaired) electrons. The zero-order valence-corrected chi connectivity index (χ0v) is 8.87. The van der Waals surface area contributed by atoms with Gasteiger partial charge in [-0.15, -0.1) is 0 Å². The van der Waals surface area contributed by atoms with Crippen molar-refractivity contribution < 1.29 is 9.84 Å². The Hall–Kier alpha value is -1.16. The fraction of sp³-hybridized carbons (Fsp3) is 0.300. The van der Waals surface area contributed by atoms with Crippen LogP contribution < -0.4 is 4.74 Å². The van der Waals surface area contributed by atoms with E-state index in [1.807, 2.05) is 0 Å². The van der Waals surface area contributed by atoms with Crippen LogP contribution in [0.3, 0.4) is 0 Å². The van der Waals surface area contributed by atoms with E-state index in [9.17, 15) is 5.11 Å². The van der Waals surface area contributed by atoms with Crippen molar-refractivity contribution in [2.45, 2.75) is 0 Å². The minimum Gasteiger partial charge on any atom is -0.507 e. The van der Waals surface area contributed by atoms with Crippen molar-refractivity contribution in [1.29, 1.82) is 0 Å². The summed E-state index contributed by atoms with van der Waals surface area (Å²) >= 11 is 4.03. The molecule has 14 heavy (non-hydrogen) atoms. The molecule has 0 amide bonds. The Balaban J connectivity index is 2.83. The van der Waals surface area contributed by atoms with E-state index in [0.29, 0.717) is 23.6 Å². The second-order valence-electron chi connectivity index (χ2n) is 2.68. The largest absolute Gasteiger partial charge is 0.507 e. The van der Waals surface area contributed by atoms with Gasteiger partial charge in [-0.3, -0.25) is 4.99 Å². The SMILES string of the molecule is COc1ccc(O)c(C=NCCS)c1. The van der Waals surface area contributed by atoms with Gasteiger partial charge >= 0.3 is 0 Å². The molecule has 0 fully saturated rings. The first kappa shape index (κ1) is 10.9. The van der Waals surface area contributed by atoms with Crippen LogP contribution in [0, 0.1) is 0 Å². The van der Waals surface area contributed by atoms with E-state index in [0.717, 1.165) is 0 Å². The van der Waals surface area contributed by atoms with Crippen LogP contribution in [0.15, 0.2) is 23.2 Å². The summed E-state index contributed by atoms with van der Waals surface area (Å²) in [7, 11) is 1.58. The quantitative estimate of drug-likeness (QED) is 0.588. The molecule has 0 bridgehead atoms. The molecule has 3 nitrogen and oxygen atoms in total. The van der Waals surface area contributed by atoms with E-state index >= 15 is 0 Å². The van der Waals surface area contributed by atoms with Gasteiger partial charge in [-0.05, 0) is 18.2 Å². The lowest BCUT2D eigenvalue weighted by Crippen LogP contribution is -1.89. The topological polar surface area (TPSA) is 41.8 Å². The molecule has 0 aliphatic carbocycles. The van der Waals surface area contributed by atoms with Gasteiger partial charge in [0.05, 0.1) is 7.11 Å². The van der Waals surface area contributed by atoms with Crippen LogP contribution >= 0.6 is 12.6 Å². The van der Waals surface area contributed by atoms with Crippen molar-refractivity contribution in [1.82, 2.24) is 0 Å². The summed E-state index contributed by atoms with van der Waals surface area (Å²) < 4.78 is 5.03. The lowest BCUT2D eigenvalue weighted by molar-refractivity contribution is 0.412. The Morgan fingerprint density at radius 2 is 2.36 bits per heavy atom. The second kappa shape index (κ2) is 5.54. The number of rotatable bonds is 4. The molecule has 0 spiro atoms. The normalized spacial score (nSPS) is 10.7. The number of hydrogen-bond donors (Lipinski definition) is 2. The molecule has 0 atom stereocenters. The van der Waals surface area contributed by atoms with Gasteiger partial charge in [-0.1, -0.05) is 0 Å². The van der Waals surface area contributed by atoms with Crippen molar-refractivity contribution in [3.63, 3.8) is 0 Å². The van der Waals surface area contributed by atoms with Gasteiger partial charge in [0.15, 0.2) is 0 Å².